The summed E-state index contributed by atoms with van der Waals surface area (Å²) >= 11 is 0. The number of carbonyl (C=O) groups excluding carboxylic acids is 1. The molecule has 0 aromatic carbocycles. The number of pyridine rings is 2. The first kappa shape index (κ1) is 22.7. The number of aryl methyl sites for hydroxylation is 1. The molecule has 35 heavy (non-hydrogen) atoms. The quantitative estimate of drug-likeness (QED) is 0.474. The van der Waals surface area contributed by atoms with E-state index >= 15 is 0 Å². The number of carbonyl (C=O) groups is 1. The number of rotatable bonds is 4. The third-order valence-electron chi connectivity index (χ3n) is 5.62. The minimum atomic E-state index is -4.58. The summed E-state index contributed by atoms with van der Waals surface area (Å²) in [7, 11) is 0. The van der Waals surface area contributed by atoms with Crippen LogP contribution >= 0.6 is 0 Å². The van der Waals surface area contributed by atoms with Crippen LogP contribution in [0.5, 0.6) is 0 Å². The SMILES string of the molecule is Cc1ncc(NC(=O)c2cc(C(F)(F)F)ccn2)cc1-c1cc(N2CCOCC2)n2nccc2n1. The molecule has 0 saturated carbocycles. The monoisotopic (exact) mass is 483 g/mol. The maximum Gasteiger partial charge on any atom is 0.416 e. The van der Waals surface area contributed by atoms with Crippen molar-refractivity contribution in [1.29, 1.82) is 0 Å². The van der Waals surface area contributed by atoms with Gasteiger partial charge in [-0.1, -0.05) is 0 Å². The van der Waals surface area contributed by atoms with E-state index in [2.05, 4.69) is 25.3 Å². The Labute approximate surface area is 197 Å². The molecule has 4 aromatic rings. The topological polar surface area (TPSA) is 97.5 Å². The summed E-state index contributed by atoms with van der Waals surface area (Å²) in [5.41, 5.74) is 1.61. The van der Waals surface area contributed by atoms with Crippen molar-refractivity contribution in [3.05, 3.63) is 65.9 Å². The smallest absolute Gasteiger partial charge is 0.378 e. The van der Waals surface area contributed by atoms with E-state index in [0.717, 1.165) is 18.1 Å². The predicted octanol–water partition coefficient (Wildman–Crippen LogP) is 3.60. The van der Waals surface area contributed by atoms with Crippen molar-refractivity contribution in [2.24, 2.45) is 0 Å². The van der Waals surface area contributed by atoms with Crippen molar-refractivity contribution in [3.8, 4) is 11.3 Å². The molecule has 1 N–H and O–H groups in total. The highest BCUT2D eigenvalue weighted by molar-refractivity contribution is 6.03. The van der Waals surface area contributed by atoms with Crippen molar-refractivity contribution >= 4 is 23.1 Å². The number of halogens is 3. The number of nitrogens with zero attached hydrogens (tertiary/aromatic N) is 6. The second-order valence-corrected chi connectivity index (χ2v) is 7.94. The normalized spacial score (nSPS) is 14.3. The fourth-order valence-corrected chi connectivity index (χ4v) is 3.84. The largest absolute Gasteiger partial charge is 0.416 e. The van der Waals surface area contributed by atoms with Crippen LogP contribution in [0.1, 0.15) is 21.7 Å². The van der Waals surface area contributed by atoms with Crippen LogP contribution in [0.15, 0.2) is 48.9 Å². The first-order chi connectivity index (χ1) is 16.8. The van der Waals surface area contributed by atoms with Gasteiger partial charge in [0.1, 0.15) is 11.5 Å². The van der Waals surface area contributed by atoms with Crippen molar-refractivity contribution < 1.29 is 22.7 Å². The summed E-state index contributed by atoms with van der Waals surface area (Å²) < 4.78 is 46.2. The minimum Gasteiger partial charge on any atom is -0.378 e. The van der Waals surface area contributed by atoms with Crippen LogP contribution in [0.3, 0.4) is 0 Å². The van der Waals surface area contributed by atoms with E-state index in [1.54, 1.807) is 22.8 Å². The predicted molar refractivity (Wildman–Crippen MR) is 121 cm³/mol. The van der Waals surface area contributed by atoms with Crippen LogP contribution in [-0.2, 0) is 10.9 Å². The van der Waals surface area contributed by atoms with Crippen LogP contribution in [-0.4, -0.2) is 56.8 Å². The lowest BCUT2D eigenvalue weighted by Crippen LogP contribution is -2.37. The number of aromatic nitrogens is 5. The van der Waals surface area contributed by atoms with Gasteiger partial charge in [0.15, 0.2) is 5.65 Å². The van der Waals surface area contributed by atoms with E-state index in [1.165, 1.54) is 6.20 Å². The van der Waals surface area contributed by atoms with Crippen molar-refractivity contribution in [3.63, 3.8) is 0 Å². The van der Waals surface area contributed by atoms with Gasteiger partial charge in [0.05, 0.1) is 42.6 Å². The Morgan fingerprint density at radius 3 is 2.66 bits per heavy atom. The third kappa shape index (κ3) is 4.64. The number of morpholine rings is 1. The van der Waals surface area contributed by atoms with E-state index in [4.69, 9.17) is 9.72 Å². The zero-order valence-corrected chi connectivity index (χ0v) is 18.6. The number of fused-ring (bicyclic) bond motifs is 1. The molecule has 0 bridgehead atoms. The van der Waals surface area contributed by atoms with Gasteiger partial charge in [0.25, 0.3) is 5.91 Å². The Hall–Kier alpha value is -4.06. The van der Waals surface area contributed by atoms with Gasteiger partial charge >= 0.3 is 6.18 Å². The van der Waals surface area contributed by atoms with Gasteiger partial charge in [-0.2, -0.15) is 22.8 Å². The molecule has 5 heterocycles. The summed E-state index contributed by atoms with van der Waals surface area (Å²) in [5.74, 6) is 0.0706. The molecule has 1 aliphatic heterocycles. The molecular formula is C23H20F3N7O2. The van der Waals surface area contributed by atoms with Crippen LogP contribution < -0.4 is 10.2 Å². The standard InChI is InChI=1S/C23H20F3N7O2/c1-14-17(18-12-21(32-6-8-35-9-7-32)33-20(31-18)3-5-29-33)11-16(13-28-14)30-22(34)19-10-15(2-4-27-19)23(24,25)26/h2-5,10-13H,6-9H2,1H3,(H,30,34). The van der Waals surface area contributed by atoms with Crippen molar-refractivity contribution in [2.45, 2.75) is 13.1 Å². The molecular weight excluding hydrogens is 463 g/mol. The molecule has 1 aliphatic rings. The fraction of sp³-hybridized carbons (Fsp3) is 0.261. The average molecular weight is 483 g/mol. The molecule has 180 valence electrons. The van der Waals surface area contributed by atoms with Crippen LogP contribution in [0, 0.1) is 6.92 Å². The first-order valence-electron chi connectivity index (χ1n) is 10.8. The summed E-state index contributed by atoms with van der Waals surface area (Å²) in [4.78, 5) is 27.6. The number of nitrogens with one attached hydrogen (secondary N) is 1. The molecule has 1 amide bonds. The zero-order valence-electron chi connectivity index (χ0n) is 18.6. The van der Waals surface area contributed by atoms with Gasteiger partial charge in [-0.15, -0.1) is 0 Å². The second kappa shape index (κ2) is 8.95. The van der Waals surface area contributed by atoms with Crippen LogP contribution in [0.25, 0.3) is 16.9 Å². The average Bonchev–Trinajstić information content (AvgIpc) is 3.33. The number of anilines is 2. The highest BCUT2D eigenvalue weighted by atomic mass is 19.4. The maximum absolute atomic E-state index is 13.0. The molecule has 0 radical (unpaired) electrons. The summed E-state index contributed by atoms with van der Waals surface area (Å²) in [5, 5.41) is 6.96. The summed E-state index contributed by atoms with van der Waals surface area (Å²) in [6.07, 6.45) is -0.522. The second-order valence-electron chi connectivity index (χ2n) is 7.94. The first-order valence-corrected chi connectivity index (χ1v) is 10.8. The fourth-order valence-electron chi connectivity index (χ4n) is 3.84. The van der Waals surface area contributed by atoms with Crippen molar-refractivity contribution in [2.75, 3.05) is 36.5 Å². The van der Waals surface area contributed by atoms with Gasteiger partial charge in [-0.25, -0.2) is 4.98 Å². The van der Waals surface area contributed by atoms with E-state index in [-0.39, 0.29) is 5.69 Å². The number of hydrogen-bond donors (Lipinski definition) is 1. The Morgan fingerprint density at radius 2 is 1.89 bits per heavy atom. The molecule has 12 heteroatoms. The van der Waals surface area contributed by atoms with Crippen molar-refractivity contribution in [1.82, 2.24) is 24.6 Å². The summed E-state index contributed by atoms with van der Waals surface area (Å²) in [6.45, 7) is 4.43. The highest BCUT2D eigenvalue weighted by Gasteiger charge is 2.31. The number of ether oxygens (including phenoxy) is 1. The van der Waals surface area contributed by atoms with E-state index < -0.39 is 17.6 Å². The molecule has 0 unspecified atom stereocenters. The lowest BCUT2D eigenvalue weighted by atomic mass is 10.1. The van der Waals surface area contributed by atoms with Crippen LogP contribution in [0.2, 0.25) is 0 Å². The Balaban J connectivity index is 1.48. The van der Waals surface area contributed by atoms with E-state index in [0.29, 0.717) is 60.7 Å². The molecule has 1 saturated heterocycles. The van der Waals surface area contributed by atoms with E-state index in [1.807, 2.05) is 13.0 Å². The maximum atomic E-state index is 13.0. The minimum absolute atomic E-state index is 0.304. The van der Waals surface area contributed by atoms with Gasteiger partial charge < -0.3 is 15.0 Å². The number of alkyl halides is 3. The Kier molecular flexibility index (Phi) is 5.81. The molecule has 0 atom stereocenters. The molecule has 9 nitrogen and oxygen atoms in total. The van der Waals surface area contributed by atoms with Gasteiger partial charge in [0, 0.05) is 42.7 Å². The molecule has 5 rings (SSSR count). The van der Waals surface area contributed by atoms with Crippen LogP contribution in [0.4, 0.5) is 24.7 Å². The zero-order chi connectivity index (χ0) is 24.6. The Morgan fingerprint density at radius 1 is 1.09 bits per heavy atom. The lowest BCUT2D eigenvalue weighted by Gasteiger charge is -2.29. The van der Waals surface area contributed by atoms with Gasteiger partial charge in [-0.3, -0.25) is 14.8 Å². The number of hydrogen-bond acceptors (Lipinski definition) is 7. The molecule has 4 aromatic heterocycles. The number of amides is 1. The molecule has 0 aliphatic carbocycles. The lowest BCUT2D eigenvalue weighted by molar-refractivity contribution is -0.137. The third-order valence-corrected chi connectivity index (χ3v) is 5.62. The van der Waals surface area contributed by atoms with E-state index in [9.17, 15) is 18.0 Å². The highest BCUT2D eigenvalue weighted by Crippen LogP contribution is 2.30. The Bertz CT molecular complexity index is 1400. The van der Waals surface area contributed by atoms with Gasteiger partial charge in [0.2, 0.25) is 0 Å². The summed E-state index contributed by atoms with van der Waals surface area (Å²) in [6, 6.07) is 6.90. The molecule has 1 fully saturated rings. The molecule has 0 spiro atoms. The van der Waals surface area contributed by atoms with Gasteiger partial charge in [-0.05, 0) is 25.1 Å².